The first kappa shape index (κ1) is 12.5. The van der Waals surface area contributed by atoms with Gasteiger partial charge < -0.3 is 5.32 Å². The largest absolute Gasteiger partial charge is 0.316 e. The maximum absolute atomic E-state index is 6.07. The molecule has 1 aromatic rings. The van der Waals surface area contributed by atoms with E-state index in [2.05, 4.69) is 17.4 Å². The van der Waals surface area contributed by atoms with Crippen LogP contribution in [-0.4, -0.2) is 13.1 Å². The Balaban J connectivity index is 0.000000963. The molecule has 88 valence electrons. The first-order valence-corrected chi connectivity index (χ1v) is 6.14. The van der Waals surface area contributed by atoms with E-state index in [1.807, 2.05) is 6.07 Å². The lowest BCUT2D eigenvalue weighted by molar-refractivity contribution is 0.445. The van der Waals surface area contributed by atoms with Crippen LogP contribution in [-0.2, 0) is 5.41 Å². The van der Waals surface area contributed by atoms with Crippen LogP contribution in [0.1, 0.15) is 18.4 Å². The lowest BCUT2D eigenvalue weighted by Gasteiger charge is -2.23. The highest BCUT2D eigenvalue weighted by Crippen LogP contribution is 2.58. The van der Waals surface area contributed by atoms with Gasteiger partial charge in [-0.1, -0.05) is 29.3 Å². The Kier molecular flexibility index (Phi) is 3.42. The second-order valence-corrected chi connectivity index (χ2v) is 5.45. The van der Waals surface area contributed by atoms with Gasteiger partial charge >= 0.3 is 0 Å². The van der Waals surface area contributed by atoms with Crippen molar-refractivity contribution >= 4 is 35.6 Å². The third kappa shape index (κ3) is 1.84. The third-order valence-corrected chi connectivity index (χ3v) is 4.60. The molecule has 0 radical (unpaired) electrons. The van der Waals surface area contributed by atoms with Gasteiger partial charge in [-0.25, -0.2) is 0 Å². The molecule has 1 saturated carbocycles. The van der Waals surface area contributed by atoms with Crippen molar-refractivity contribution in [3.8, 4) is 0 Å². The van der Waals surface area contributed by atoms with Gasteiger partial charge in [-0.2, -0.15) is 0 Å². The van der Waals surface area contributed by atoms with Gasteiger partial charge in [0.15, 0.2) is 0 Å². The molecule has 2 atom stereocenters. The van der Waals surface area contributed by atoms with Crippen molar-refractivity contribution in [1.82, 2.24) is 5.32 Å². The highest BCUT2D eigenvalue weighted by atomic mass is 35.5. The van der Waals surface area contributed by atoms with E-state index < -0.39 is 0 Å². The van der Waals surface area contributed by atoms with Crippen molar-refractivity contribution in [2.24, 2.45) is 5.92 Å². The zero-order chi connectivity index (χ0) is 10.5. The summed E-state index contributed by atoms with van der Waals surface area (Å²) in [7, 11) is 0. The summed E-state index contributed by atoms with van der Waals surface area (Å²) in [5.41, 5.74) is 1.79. The summed E-state index contributed by atoms with van der Waals surface area (Å²) in [5, 5.41) is 4.78. The maximum Gasteiger partial charge on any atom is 0.0595 e. The van der Waals surface area contributed by atoms with Gasteiger partial charge in [-0.05, 0) is 49.5 Å². The molecule has 1 nitrogen and oxygen atoms in total. The van der Waals surface area contributed by atoms with Crippen LogP contribution in [0.3, 0.4) is 0 Å². The van der Waals surface area contributed by atoms with Crippen molar-refractivity contribution in [1.29, 1.82) is 0 Å². The van der Waals surface area contributed by atoms with E-state index >= 15 is 0 Å². The zero-order valence-electron chi connectivity index (χ0n) is 8.80. The van der Waals surface area contributed by atoms with E-state index in [1.54, 1.807) is 0 Å². The number of nitrogens with one attached hydrogen (secondary N) is 1. The van der Waals surface area contributed by atoms with Crippen molar-refractivity contribution in [3.63, 3.8) is 0 Å². The Labute approximate surface area is 112 Å². The van der Waals surface area contributed by atoms with Crippen LogP contribution in [0.5, 0.6) is 0 Å². The molecular weight excluding hydrogens is 264 g/mol. The molecule has 3 rings (SSSR count). The van der Waals surface area contributed by atoms with Gasteiger partial charge in [0.2, 0.25) is 0 Å². The topological polar surface area (TPSA) is 12.0 Å². The SMILES string of the molecule is Cl.Clc1ccc(C23CCNCC2C3)cc1Cl. The molecule has 1 N–H and O–H groups in total. The van der Waals surface area contributed by atoms with Crippen LogP contribution in [0.2, 0.25) is 10.0 Å². The van der Waals surface area contributed by atoms with Crippen LogP contribution in [0.4, 0.5) is 0 Å². The van der Waals surface area contributed by atoms with Crippen LogP contribution in [0.15, 0.2) is 18.2 Å². The second kappa shape index (κ2) is 4.38. The average molecular weight is 279 g/mol. The van der Waals surface area contributed by atoms with Crippen molar-refractivity contribution < 1.29 is 0 Å². The van der Waals surface area contributed by atoms with Gasteiger partial charge in [0.05, 0.1) is 10.0 Å². The molecule has 2 unspecified atom stereocenters. The predicted molar refractivity (Wildman–Crippen MR) is 71.0 cm³/mol. The van der Waals surface area contributed by atoms with Crippen LogP contribution >= 0.6 is 35.6 Å². The van der Waals surface area contributed by atoms with E-state index in [0.717, 1.165) is 19.0 Å². The number of benzene rings is 1. The molecule has 0 bridgehead atoms. The lowest BCUT2D eigenvalue weighted by Crippen LogP contribution is -2.31. The quantitative estimate of drug-likeness (QED) is 0.826. The van der Waals surface area contributed by atoms with Crippen LogP contribution in [0, 0.1) is 5.92 Å². The Hall–Kier alpha value is 0.0500. The fourth-order valence-corrected chi connectivity index (χ4v) is 3.14. The first-order valence-electron chi connectivity index (χ1n) is 5.39. The molecular formula is C12H14Cl3N. The lowest BCUT2D eigenvalue weighted by atomic mass is 9.88. The fourth-order valence-electron chi connectivity index (χ4n) is 2.85. The number of fused-ring (bicyclic) bond motifs is 1. The minimum atomic E-state index is 0. The first-order chi connectivity index (χ1) is 7.22. The summed E-state index contributed by atoms with van der Waals surface area (Å²) >= 11 is 12.0. The molecule has 0 aromatic heterocycles. The van der Waals surface area contributed by atoms with E-state index in [9.17, 15) is 0 Å². The molecule has 4 heteroatoms. The summed E-state index contributed by atoms with van der Waals surface area (Å²) in [6.07, 6.45) is 2.54. The standard InChI is InChI=1S/C12H13Cl2N.ClH/c13-10-2-1-8(5-11(10)14)12-3-4-15-7-9(12)6-12;/h1-2,5,9,15H,3-4,6-7H2;1H. The van der Waals surface area contributed by atoms with Gasteiger partial charge in [-0.15, -0.1) is 12.4 Å². The fraction of sp³-hybridized carbons (Fsp3) is 0.500. The van der Waals surface area contributed by atoms with Crippen LogP contribution in [0.25, 0.3) is 0 Å². The molecule has 2 aliphatic rings. The van der Waals surface area contributed by atoms with Gasteiger partial charge in [0, 0.05) is 5.41 Å². The molecule has 16 heavy (non-hydrogen) atoms. The molecule has 1 heterocycles. The zero-order valence-corrected chi connectivity index (χ0v) is 11.1. The molecule has 1 aliphatic carbocycles. The van der Waals surface area contributed by atoms with Gasteiger partial charge in [0.1, 0.15) is 0 Å². The number of piperidine rings is 1. The normalized spacial score (nSPS) is 31.5. The summed E-state index contributed by atoms with van der Waals surface area (Å²) in [4.78, 5) is 0. The van der Waals surface area contributed by atoms with Crippen molar-refractivity contribution in [2.75, 3.05) is 13.1 Å². The number of rotatable bonds is 1. The Morgan fingerprint density at radius 2 is 2.06 bits per heavy atom. The minimum Gasteiger partial charge on any atom is -0.316 e. The average Bonchev–Trinajstić information content (AvgIpc) is 2.97. The summed E-state index contributed by atoms with van der Waals surface area (Å²) in [6, 6.07) is 6.11. The number of halogens is 3. The van der Waals surface area contributed by atoms with Crippen LogP contribution < -0.4 is 5.32 Å². The molecule has 2 fully saturated rings. The summed E-state index contributed by atoms with van der Waals surface area (Å²) in [5.74, 6) is 0.809. The number of hydrogen-bond acceptors (Lipinski definition) is 1. The Bertz CT molecular complexity index is 407. The smallest absolute Gasteiger partial charge is 0.0595 e. The summed E-state index contributed by atoms with van der Waals surface area (Å²) < 4.78 is 0. The monoisotopic (exact) mass is 277 g/mol. The van der Waals surface area contributed by atoms with Gasteiger partial charge in [0.25, 0.3) is 0 Å². The predicted octanol–water partition coefficient (Wildman–Crippen LogP) is 3.67. The molecule has 0 amide bonds. The van der Waals surface area contributed by atoms with E-state index in [1.165, 1.54) is 18.4 Å². The van der Waals surface area contributed by atoms with Crippen molar-refractivity contribution in [2.45, 2.75) is 18.3 Å². The minimum absolute atomic E-state index is 0. The van der Waals surface area contributed by atoms with Gasteiger partial charge in [-0.3, -0.25) is 0 Å². The summed E-state index contributed by atoms with van der Waals surface area (Å²) in [6.45, 7) is 2.27. The second-order valence-electron chi connectivity index (χ2n) is 4.64. The molecule has 1 aliphatic heterocycles. The highest BCUT2D eigenvalue weighted by Gasteiger charge is 2.55. The Morgan fingerprint density at radius 3 is 2.75 bits per heavy atom. The number of hydrogen-bond donors (Lipinski definition) is 1. The van der Waals surface area contributed by atoms with E-state index in [0.29, 0.717) is 15.5 Å². The molecule has 0 spiro atoms. The highest BCUT2D eigenvalue weighted by molar-refractivity contribution is 6.42. The molecule has 1 saturated heterocycles. The Morgan fingerprint density at radius 1 is 1.25 bits per heavy atom. The molecule has 1 aromatic carbocycles. The maximum atomic E-state index is 6.07. The third-order valence-electron chi connectivity index (χ3n) is 3.87. The van der Waals surface area contributed by atoms with E-state index in [4.69, 9.17) is 23.2 Å². The van der Waals surface area contributed by atoms with Crippen molar-refractivity contribution in [3.05, 3.63) is 33.8 Å². The van der Waals surface area contributed by atoms with E-state index in [-0.39, 0.29) is 12.4 Å².